The molecule has 1 amide bonds. The minimum atomic E-state index is -0.192. The third-order valence-corrected chi connectivity index (χ3v) is 5.27. The van der Waals surface area contributed by atoms with Crippen molar-refractivity contribution in [1.29, 1.82) is 0 Å². The van der Waals surface area contributed by atoms with E-state index in [2.05, 4.69) is 25.9 Å². The molecule has 25 heavy (non-hydrogen) atoms. The molecule has 1 aromatic carbocycles. The highest BCUT2D eigenvalue weighted by atomic mass is 79.9. The number of likely N-dealkylation sites (N-methyl/N-ethyl adjacent to an activating group) is 1. The van der Waals surface area contributed by atoms with Gasteiger partial charge in [-0.3, -0.25) is 9.59 Å². The number of aromatic nitrogens is 2. The first-order valence-electron chi connectivity index (χ1n) is 7.77. The largest absolute Gasteiger partial charge is 0.332 e. The molecule has 2 aromatic heterocycles. The summed E-state index contributed by atoms with van der Waals surface area (Å²) in [6.07, 6.45) is 3.33. The minimum absolute atomic E-state index is 0.122. The monoisotopic (exact) mass is 417 g/mol. The Balaban J connectivity index is 1.78. The van der Waals surface area contributed by atoms with Gasteiger partial charge < -0.3 is 9.88 Å². The first kappa shape index (κ1) is 17.6. The Hall–Kier alpha value is -2.25. The van der Waals surface area contributed by atoms with Gasteiger partial charge in [-0.1, -0.05) is 12.1 Å². The Morgan fingerprint density at radius 1 is 1.32 bits per heavy atom. The number of benzene rings is 1. The molecule has 0 aliphatic carbocycles. The Labute approximate surface area is 157 Å². The average molecular weight is 418 g/mol. The maximum Gasteiger partial charge on any atom is 0.258 e. The van der Waals surface area contributed by atoms with E-state index in [9.17, 15) is 9.59 Å². The summed E-state index contributed by atoms with van der Waals surface area (Å²) in [6, 6.07) is 11.0. The zero-order valence-electron chi connectivity index (χ0n) is 13.5. The number of aromatic amines is 1. The van der Waals surface area contributed by atoms with Crippen LogP contribution in [-0.4, -0.2) is 27.3 Å². The van der Waals surface area contributed by atoms with E-state index >= 15 is 0 Å². The van der Waals surface area contributed by atoms with Crippen molar-refractivity contribution in [3.8, 4) is 0 Å². The third kappa shape index (κ3) is 4.24. The number of rotatable bonds is 5. The molecule has 128 valence electrons. The summed E-state index contributed by atoms with van der Waals surface area (Å²) < 4.78 is 1.02. The van der Waals surface area contributed by atoms with Gasteiger partial charge in [-0.05, 0) is 53.2 Å². The minimum Gasteiger partial charge on any atom is -0.332 e. The summed E-state index contributed by atoms with van der Waals surface area (Å²) in [6.45, 7) is 2.67. The van der Waals surface area contributed by atoms with Gasteiger partial charge in [0, 0.05) is 17.5 Å². The van der Waals surface area contributed by atoms with Gasteiger partial charge >= 0.3 is 0 Å². The summed E-state index contributed by atoms with van der Waals surface area (Å²) >= 11 is 4.96. The summed E-state index contributed by atoms with van der Waals surface area (Å²) in [5, 5.41) is 0.545. The van der Waals surface area contributed by atoms with E-state index in [1.807, 2.05) is 25.1 Å². The van der Waals surface area contributed by atoms with Crippen LogP contribution in [0.3, 0.4) is 0 Å². The van der Waals surface area contributed by atoms with E-state index in [0.717, 1.165) is 8.66 Å². The lowest BCUT2D eigenvalue weighted by molar-refractivity contribution is -0.126. The van der Waals surface area contributed by atoms with Crippen LogP contribution in [0.2, 0.25) is 0 Å². The van der Waals surface area contributed by atoms with Gasteiger partial charge in [0.25, 0.3) is 5.56 Å². The predicted molar refractivity (Wildman–Crippen MR) is 105 cm³/mol. The Kier molecular flexibility index (Phi) is 5.45. The Morgan fingerprint density at radius 3 is 2.84 bits per heavy atom. The van der Waals surface area contributed by atoms with Crippen LogP contribution in [0.4, 0.5) is 0 Å². The predicted octanol–water partition coefficient (Wildman–Crippen LogP) is 3.81. The van der Waals surface area contributed by atoms with Gasteiger partial charge in [0.15, 0.2) is 0 Å². The maximum absolute atomic E-state index is 12.4. The van der Waals surface area contributed by atoms with Crippen molar-refractivity contribution in [2.45, 2.75) is 13.5 Å². The van der Waals surface area contributed by atoms with E-state index in [1.165, 1.54) is 0 Å². The molecule has 5 nitrogen and oxygen atoms in total. The van der Waals surface area contributed by atoms with Gasteiger partial charge in [-0.2, -0.15) is 0 Å². The fraction of sp³-hybridized carbons (Fsp3) is 0.167. The lowest BCUT2D eigenvalue weighted by Crippen LogP contribution is -2.30. The molecular weight excluding hydrogens is 402 g/mol. The third-order valence-electron chi connectivity index (χ3n) is 3.68. The number of hydrogen-bond donors (Lipinski definition) is 1. The molecule has 1 N–H and O–H groups in total. The number of carbonyl (C=O) groups excluding carboxylic acids is 1. The summed E-state index contributed by atoms with van der Waals surface area (Å²) in [7, 11) is 0. The van der Waals surface area contributed by atoms with Crippen LogP contribution < -0.4 is 5.56 Å². The molecule has 3 rings (SSSR count). The summed E-state index contributed by atoms with van der Waals surface area (Å²) in [5.74, 6) is 0.356. The molecule has 0 fully saturated rings. The molecule has 0 aliphatic rings. The van der Waals surface area contributed by atoms with Gasteiger partial charge in [0.05, 0.1) is 21.2 Å². The second-order valence-electron chi connectivity index (χ2n) is 5.36. The molecule has 0 atom stereocenters. The van der Waals surface area contributed by atoms with Gasteiger partial charge in [-0.25, -0.2) is 4.98 Å². The fourth-order valence-electron chi connectivity index (χ4n) is 2.41. The van der Waals surface area contributed by atoms with Crippen LogP contribution in [0.25, 0.3) is 17.0 Å². The van der Waals surface area contributed by atoms with Crippen LogP contribution in [0.15, 0.2) is 51.1 Å². The number of para-hydroxylation sites is 1. The number of hydrogen-bond acceptors (Lipinski definition) is 4. The van der Waals surface area contributed by atoms with E-state index in [-0.39, 0.29) is 18.0 Å². The van der Waals surface area contributed by atoms with Crippen LogP contribution in [0, 0.1) is 0 Å². The van der Waals surface area contributed by atoms with Gasteiger partial charge in [0.2, 0.25) is 5.91 Å². The molecule has 7 heteroatoms. The lowest BCUT2D eigenvalue weighted by atomic mass is 10.2. The highest BCUT2D eigenvalue weighted by molar-refractivity contribution is 9.11. The number of fused-ring (bicyclic) bond motifs is 1. The number of halogens is 1. The SMILES string of the molecule is CCN(Cc1nc2ccccc2c(=O)[nH]1)C(=O)/C=C/c1ccc(Br)s1. The van der Waals surface area contributed by atoms with E-state index < -0.39 is 0 Å². The number of thiophene rings is 1. The van der Waals surface area contributed by atoms with Crippen molar-refractivity contribution in [3.63, 3.8) is 0 Å². The first-order valence-corrected chi connectivity index (χ1v) is 9.38. The molecule has 0 saturated carbocycles. The summed E-state index contributed by atoms with van der Waals surface area (Å²) in [4.78, 5) is 34.4. The van der Waals surface area contributed by atoms with Crippen LogP contribution in [0.5, 0.6) is 0 Å². The van der Waals surface area contributed by atoms with Crippen LogP contribution >= 0.6 is 27.3 Å². The summed E-state index contributed by atoms with van der Waals surface area (Å²) in [5.41, 5.74) is 0.437. The zero-order chi connectivity index (χ0) is 17.8. The second-order valence-corrected chi connectivity index (χ2v) is 7.85. The molecule has 0 saturated heterocycles. The zero-order valence-corrected chi connectivity index (χ0v) is 15.9. The van der Waals surface area contributed by atoms with Crippen molar-refractivity contribution in [2.24, 2.45) is 0 Å². The van der Waals surface area contributed by atoms with Crippen molar-refractivity contribution in [2.75, 3.05) is 6.54 Å². The number of amides is 1. The average Bonchev–Trinajstić information content (AvgIpc) is 3.03. The van der Waals surface area contributed by atoms with E-state index in [1.54, 1.807) is 46.6 Å². The molecule has 3 aromatic rings. The quantitative estimate of drug-likeness (QED) is 0.641. The van der Waals surface area contributed by atoms with Gasteiger partial charge in [-0.15, -0.1) is 11.3 Å². The second kappa shape index (κ2) is 7.76. The smallest absolute Gasteiger partial charge is 0.258 e. The Bertz CT molecular complexity index is 993. The molecule has 0 spiro atoms. The molecule has 0 radical (unpaired) electrons. The fourth-order valence-corrected chi connectivity index (χ4v) is 3.74. The standard InChI is InChI=1S/C18H16BrN3O2S/c1-2-22(17(23)10-8-12-7-9-15(19)25-12)11-16-20-14-6-4-3-5-13(14)18(24)21-16/h3-10H,2,11H2,1H3,(H,20,21,24)/b10-8+. The molecule has 0 aliphatic heterocycles. The molecule has 0 bridgehead atoms. The van der Waals surface area contributed by atoms with Crippen molar-refractivity contribution < 1.29 is 4.79 Å². The van der Waals surface area contributed by atoms with Crippen molar-refractivity contribution in [1.82, 2.24) is 14.9 Å². The lowest BCUT2D eigenvalue weighted by Gasteiger charge is -2.18. The first-order chi connectivity index (χ1) is 12.1. The number of nitrogens with zero attached hydrogens (tertiary/aromatic N) is 2. The van der Waals surface area contributed by atoms with E-state index in [4.69, 9.17) is 0 Å². The molecular formula is C18H16BrN3O2S. The van der Waals surface area contributed by atoms with Crippen molar-refractivity contribution in [3.05, 3.63) is 67.3 Å². The topological polar surface area (TPSA) is 66.1 Å². The highest BCUT2D eigenvalue weighted by Crippen LogP contribution is 2.23. The number of carbonyl (C=O) groups is 1. The van der Waals surface area contributed by atoms with Crippen LogP contribution in [-0.2, 0) is 11.3 Å². The normalized spacial score (nSPS) is 11.3. The highest BCUT2D eigenvalue weighted by Gasteiger charge is 2.12. The van der Waals surface area contributed by atoms with Crippen molar-refractivity contribution >= 4 is 50.2 Å². The molecule has 0 unspecified atom stereocenters. The number of H-pyrrole nitrogens is 1. The van der Waals surface area contributed by atoms with Crippen LogP contribution in [0.1, 0.15) is 17.6 Å². The molecule has 2 heterocycles. The number of nitrogens with one attached hydrogen (secondary N) is 1. The Morgan fingerprint density at radius 2 is 2.12 bits per heavy atom. The maximum atomic E-state index is 12.4. The van der Waals surface area contributed by atoms with E-state index in [0.29, 0.717) is 23.3 Å². The van der Waals surface area contributed by atoms with Gasteiger partial charge in [0.1, 0.15) is 5.82 Å².